The van der Waals surface area contributed by atoms with Crippen molar-refractivity contribution in [1.82, 2.24) is 19.6 Å². The van der Waals surface area contributed by atoms with E-state index in [1.165, 1.54) is 5.56 Å². The average molecular weight is 339 g/mol. The minimum absolute atomic E-state index is 0.126. The van der Waals surface area contributed by atoms with Crippen LogP contribution in [-0.2, 0) is 19.5 Å². The third-order valence-electron chi connectivity index (χ3n) is 5.09. The Morgan fingerprint density at radius 2 is 2.00 bits per heavy atom. The summed E-state index contributed by atoms with van der Waals surface area (Å²) in [6, 6.07) is 10.1. The van der Waals surface area contributed by atoms with Crippen LogP contribution in [0.15, 0.2) is 30.3 Å². The molecular weight excluding hydrogens is 314 g/mol. The number of benzene rings is 1. The molecule has 1 amide bonds. The molecule has 1 saturated heterocycles. The van der Waals surface area contributed by atoms with Gasteiger partial charge in [0.05, 0.1) is 0 Å². The Labute approximate surface area is 148 Å². The number of nitrogens with one attached hydrogen (secondary N) is 1. The molecule has 0 saturated carbocycles. The van der Waals surface area contributed by atoms with Crippen molar-refractivity contribution in [3.05, 3.63) is 47.3 Å². The average Bonchev–Trinajstić information content (AvgIpc) is 3.19. The molecule has 1 aromatic heterocycles. The molecule has 1 fully saturated rings. The summed E-state index contributed by atoms with van der Waals surface area (Å²) >= 11 is 0. The van der Waals surface area contributed by atoms with E-state index in [1.54, 1.807) is 0 Å². The normalized spacial score (nSPS) is 18.3. The van der Waals surface area contributed by atoms with Crippen LogP contribution in [0.2, 0.25) is 0 Å². The third-order valence-corrected chi connectivity index (χ3v) is 5.09. The molecule has 0 atom stereocenters. The maximum atomic E-state index is 12.5. The lowest BCUT2D eigenvalue weighted by Gasteiger charge is -2.32. The molecule has 0 radical (unpaired) electrons. The Kier molecular flexibility index (Phi) is 4.55. The maximum absolute atomic E-state index is 12.5. The van der Waals surface area contributed by atoms with Crippen LogP contribution in [-0.4, -0.2) is 58.7 Å². The van der Waals surface area contributed by atoms with Crippen molar-refractivity contribution < 1.29 is 4.79 Å². The lowest BCUT2D eigenvalue weighted by Crippen LogP contribution is -2.43. The first-order chi connectivity index (χ1) is 12.2. The van der Waals surface area contributed by atoms with Gasteiger partial charge >= 0.3 is 0 Å². The van der Waals surface area contributed by atoms with E-state index in [0.29, 0.717) is 5.69 Å². The van der Waals surface area contributed by atoms with Crippen molar-refractivity contribution in [3.8, 4) is 0 Å². The minimum Gasteiger partial charge on any atom is -0.321 e. The third kappa shape index (κ3) is 3.75. The molecule has 2 aromatic rings. The van der Waals surface area contributed by atoms with Crippen molar-refractivity contribution in [2.45, 2.75) is 25.9 Å². The highest BCUT2D eigenvalue weighted by atomic mass is 16.1. The standard InChI is InChI=1S/C19H25N5O/c1-22-8-10-23(11-9-22)14-15-4-2-5-16(12-15)20-19(25)18-13-17-6-3-7-24(17)21-18/h2,4-5,12-13H,3,6-11,14H2,1H3,(H,20,25). The Morgan fingerprint density at radius 3 is 2.80 bits per heavy atom. The largest absolute Gasteiger partial charge is 0.321 e. The first-order valence-corrected chi connectivity index (χ1v) is 9.05. The second-order valence-electron chi connectivity index (χ2n) is 7.08. The zero-order chi connectivity index (χ0) is 17.2. The van der Waals surface area contributed by atoms with Crippen molar-refractivity contribution in [1.29, 1.82) is 0 Å². The Bertz CT molecular complexity index is 739. The van der Waals surface area contributed by atoms with Crippen LogP contribution in [0, 0.1) is 0 Å². The number of piperazine rings is 1. The number of rotatable bonds is 4. The minimum atomic E-state index is -0.126. The molecule has 132 valence electrons. The smallest absolute Gasteiger partial charge is 0.276 e. The van der Waals surface area contributed by atoms with Crippen LogP contribution in [0.25, 0.3) is 0 Å². The summed E-state index contributed by atoms with van der Waals surface area (Å²) in [6.45, 7) is 6.25. The van der Waals surface area contributed by atoms with Crippen molar-refractivity contribution in [3.63, 3.8) is 0 Å². The second kappa shape index (κ2) is 6.98. The number of aromatic nitrogens is 2. The van der Waals surface area contributed by atoms with Gasteiger partial charge in [-0.2, -0.15) is 5.10 Å². The molecule has 0 unspecified atom stereocenters. The molecule has 4 rings (SSSR count). The van der Waals surface area contributed by atoms with Gasteiger partial charge in [0.25, 0.3) is 5.91 Å². The van der Waals surface area contributed by atoms with Crippen LogP contribution >= 0.6 is 0 Å². The fourth-order valence-corrected chi connectivity index (χ4v) is 3.58. The van der Waals surface area contributed by atoms with E-state index < -0.39 is 0 Å². The summed E-state index contributed by atoms with van der Waals surface area (Å²) < 4.78 is 1.94. The molecule has 0 spiro atoms. The van der Waals surface area contributed by atoms with Gasteiger partial charge in [-0.05, 0) is 43.7 Å². The summed E-state index contributed by atoms with van der Waals surface area (Å²) in [7, 11) is 2.17. The zero-order valence-electron chi connectivity index (χ0n) is 14.7. The topological polar surface area (TPSA) is 53.4 Å². The van der Waals surface area contributed by atoms with Crippen LogP contribution < -0.4 is 5.32 Å². The van der Waals surface area contributed by atoms with Gasteiger partial charge in [-0.15, -0.1) is 0 Å². The molecule has 6 nitrogen and oxygen atoms in total. The highest BCUT2D eigenvalue weighted by Gasteiger charge is 2.18. The van der Waals surface area contributed by atoms with Crippen LogP contribution in [0.4, 0.5) is 5.69 Å². The van der Waals surface area contributed by atoms with E-state index in [4.69, 9.17) is 0 Å². The number of hydrogen-bond donors (Lipinski definition) is 1. The summed E-state index contributed by atoms with van der Waals surface area (Å²) in [5.41, 5.74) is 3.74. The Balaban J connectivity index is 1.39. The summed E-state index contributed by atoms with van der Waals surface area (Å²) in [4.78, 5) is 17.3. The Morgan fingerprint density at radius 1 is 1.16 bits per heavy atom. The fourth-order valence-electron chi connectivity index (χ4n) is 3.58. The highest BCUT2D eigenvalue weighted by molar-refractivity contribution is 6.02. The molecule has 2 aliphatic rings. The zero-order valence-corrected chi connectivity index (χ0v) is 14.7. The number of anilines is 1. The van der Waals surface area contributed by atoms with Gasteiger partial charge in [0.1, 0.15) is 0 Å². The number of amides is 1. The first-order valence-electron chi connectivity index (χ1n) is 9.05. The molecule has 2 aliphatic heterocycles. The lowest BCUT2D eigenvalue weighted by atomic mass is 10.1. The van der Waals surface area contributed by atoms with Gasteiger partial charge in [0, 0.05) is 50.6 Å². The summed E-state index contributed by atoms with van der Waals surface area (Å²) in [6.07, 6.45) is 2.14. The first kappa shape index (κ1) is 16.3. The fraction of sp³-hybridized carbons (Fsp3) is 0.474. The number of carbonyl (C=O) groups excluding carboxylic acids is 1. The predicted molar refractivity (Wildman–Crippen MR) is 97.7 cm³/mol. The van der Waals surface area contributed by atoms with Crippen molar-refractivity contribution in [2.75, 3.05) is 38.5 Å². The SMILES string of the molecule is CN1CCN(Cc2cccc(NC(=O)c3cc4n(n3)CCC4)c2)CC1. The van der Waals surface area contributed by atoms with E-state index in [9.17, 15) is 4.79 Å². The number of fused-ring (bicyclic) bond motifs is 1. The number of aryl methyl sites for hydroxylation is 2. The van der Waals surface area contributed by atoms with Gasteiger partial charge in [0.2, 0.25) is 0 Å². The lowest BCUT2D eigenvalue weighted by molar-refractivity contribution is 0.102. The second-order valence-corrected chi connectivity index (χ2v) is 7.08. The van der Waals surface area contributed by atoms with Gasteiger partial charge in [-0.3, -0.25) is 14.4 Å². The van der Waals surface area contributed by atoms with Gasteiger partial charge in [-0.25, -0.2) is 0 Å². The molecule has 1 aromatic carbocycles. The molecule has 3 heterocycles. The van der Waals surface area contributed by atoms with Gasteiger partial charge < -0.3 is 10.2 Å². The van der Waals surface area contributed by atoms with Crippen LogP contribution in [0.5, 0.6) is 0 Å². The van der Waals surface area contributed by atoms with E-state index in [2.05, 4.69) is 39.4 Å². The van der Waals surface area contributed by atoms with Crippen molar-refractivity contribution in [2.24, 2.45) is 0 Å². The summed E-state index contributed by atoms with van der Waals surface area (Å²) in [5.74, 6) is -0.126. The molecule has 0 bridgehead atoms. The molecule has 1 N–H and O–H groups in total. The van der Waals surface area contributed by atoms with E-state index in [-0.39, 0.29) is 5.91 Å². The molecular formula is C19H25N5O. The number of nitrogens with zero attached hydrogens (tertiary/aromatic N) is 4. The van der Waals surface area contributed by atoms with Crippen LogP contribution in [0.1, 0.15) is 28.2 Å². The molecule has 0 aliphatic carbocycles. The van der Waals surface area contributed by atoms with E-state index in [0.717, 1.165) is 63.5 Å². The summed E-state index contributed by atoms with van der Waals surface area (Å²) in [5, 5.41) is 7.39. The van der Waals surface area contributed by atoms with E-state index >= 15 is 0 Å². The van der Waals surface area contributed by atoms with E-state index in [1.807, 2.05) is 22.9 Å². The van der Waals surface area contributed by atoms with Gasteiger partial charge in [-0.1, -0.05) is 12.1 Å². The molecule has 6 heteroatoms. The Hall–Kier alpha value is -2.18. The van der Waals surface area contributed by atoms with Crippen LogP contribution in [0.3, 0.4) is 0 Å². The number of hydrogen-bond acceptors (Lipinski definition) is 4. The van der Waals surface area contributed by atoms with Crippen molar-refractivity contribution >= 4 is 11.6 Å². The maximum Gasteiger partial charge on any atom is 0.276 e. The number of carbonyl (C=O) groups is 1. The van der Waals surface area contributed by atoms with Gasteiger partial charge in [0.15, 0.2) is 5.69 Å². The molecule has 25 heavy (non-hydrogen) atoms. The number of likely N-dealkylation sites (N-methyl/N-ethyl adjacent to an activating group) is 1. The predicted octanol–water partition coefficient (Wildman–Crippen LogP) is 1.83. The quantitative estimate of drug-likeness (QED) is 0.923. The highest BCUT2D eigenvalue weighted by Crippen LogP contribution is 2.18. The monoisotopic (exact) mass is 339 g/mol.